The number of amides is 1. The molecule has 3 N–H and O–H groups in total. The Morgan fingerprint density at radius 1 is 1.22 bits per heavy atom. The van der Waals surface area contributed by atoms with Crippen molar-refractivity contribution < 1.29 is 4.79 Å². The van der Waals surface area contributed by atoms with Crippen molar-refractivity contribution in [3.05, 3.63) is 47.8 Å². The summed E-state index contributed by atoms with van der Waals surface area (Å²) in [5.74, 6) is 0.786. The van der Waals surface area contributed by atoms with E-state index in [4.69, 9.17) is 0 Å². The highest BCUT2D eigenvalue weighted by Gasteiger charge is 2.03. The first-order valence-electron chi connectivity index (χ1n) is 9.00. The molecule has 0 atom stereocenters. The zero-order valence-corrected chi connectivity index (χ0v) is 18.5. The molecule has 1 heterocycles. The molecule has 0 saturated carbocycles. The molecule has 1 aromatic carbocycles. The molecule has 0 aliphatic rings. The van der Waals surface area contributed by atoms with Crippen molar-refractivity contribution in [3.63, 3.8) is 0 Å². The third-order valence-corrected chi connectivity index (χ3v) is 3.81. The van der Waals surface area contributed by atoms with Crippen molar-refractivity contribution in [2.24, 2.45) is 12.0 Å². The number of guanidine groups is 1. The summed E-state index contributed by atoms with van der Waals surface area (Å²) in [6.07, 6.45) is 3.15. The van der Waals surface area contributed by atoms with E-state index in [-0.39, 0.29) is 29.9 Å². The SMILES string of the molecule is CCCC(=O)Nc1cccc(CN=C(NCC)NCc2ccnn2C)c1.I. The van der Waals surface area contributed by atoms with Gasteiger partial charge in [0.15, 0.2) is 5.96 Å². The number of nitrogens with zero attached hydrogens (tertiary/aromatic N) is 3. The summed E-state index contributed by atoms with van der Waals surface area (Å²) in [7, 11) is 1.92. The van der Waals surface area contributed by atoms with Gasteiger partial charge < -0.3 is 16.0 Å². The fourth-order valence-corrected chi connectivity index (χ4v) is 2.46. The van der Waals surface area contributed by atoms with Crippen LogP contribution in [0.3, 0.4) is 0 Å². The number of benzene rings is 1. The van der Waals surface area contributed by atoms with Gasteiger partial charge in [-0.25, -0.2) is 4.99 Å². The molecule has 0 unspecified atom stereocenters. The molecule has 27 heavy (non-hydrogen) atoms. The average Bonchev–Trinajstić information content (AvgIpc) is 3.03. The van der Waals surface area contributed by atoms with E-state index in [1.807, 2.05) is 55.9 Å². The zero-order valence-electron chi connectivity index (χ0n) is 16.2. The van der Waals surface area contributed by atoms with Gasteiger partial charge in [0.05, 0.1) is 18.8 Å². The number of nitrogens with one attached hydrogen (secondary N) is 3. The van der Waals surface area contributed by atoms with Gasteiger partial charge in [-0.1, -0.05) is 19.1 Å². The van der Waals surface area contributed by atoms with Crippen LogP contribution in [0.5, 0.6) is 0 Å². The number of rotatable bonds is 8. The van der Waals surface area contributed by atoms with Crippen molar-refractivity contribution in [2.75, 3.05) is 11.9 Å². The number of hydrogen-bond donors (Lipinski definition) is 3. The number of carbonyl (C=O) groups excluding carboxylic acids is 1. The second-order valence-corrected chi connectivity index (χ2v) is 5.99. The molecule has 2 aromatic rings. The first kappa shape index (κ1) is 22.9. The van der Waals surface area contributed by atoms with Crippen LogP contribution in [0, 0.1) is 0 Å². The highest BCUT2D eigenvalue weighted by atomic mass is 127. The molecule has 0 bridgehead atoms. The quantitative estimate of drug-likeness (QED) is 0.306. The molecule has 1 aromatic heterocycles. The molecule has 2 rings (SSSR count). The van der Waals surface area contributed by atoms with E-state index in [1.54, 1.807) is 6.20 Å². The molecule has 148 valence electrons. The van der Waals surface area contributed by atoms with Crippen molar-refractivity contribution in [1.82, 2.24) is 20.4 Å². The summed E-state index contributed by atoms with van der Waals surface area (Å²) in [5, 5.41) is 13.6. The summed E-state index contributed by atoms with van der Waals surface area (Å²) < 4.78 is 1.83. The fraction of sp³-hybridized carbons (Fsp3) is 0.421. The summed E-state index contributed by atoms with van der Waals surface area (Å²) >= 11 is 0. The van der Waals surface area contributed by atoms with Gasteiger partial charge in [0.1, 0.15) is 0 Å². The topological polar surface area (TPSA) is 83.3 Å². The van der Waals surface area contributed by atoms with E-state index >= 15 is 0 Å². The zero-order chi connectivity index (χ0) is 18.8. The number of aliphatic imine (C=N–C) groups is 1. The molecule has 7 nitrogen and oxygen atoms in total. The second kappa shape index (κ2) is 12.3. The van der Waals surface area contributed by atoms with E-state index in [1.165, 1.54) is 0 Å². The van der Waals surface area contributed by atoms with Crippen molar-refractivity contribution in [2.45, 2.75) is 39.8 Å². The van der Waals surface area contributed by atoms with E-state index in [9.17, 15) is 4.79 Å². The predicted octanol–water partition coefficient (Wildman–Crippen LogP) is 3.03. The van der Waals surface area contributed by atoms with Crippen LogP contribution >= 0.6 is 24.0 Å². The maximum absolute atomic E-state index is 11.7. The Kier molecular flexibility index (Phi) is 10.5. The molecular weight excluding hydrogens is 455 g/mol. The lowest BCUT2D eigenvalue weighted by molar-refractivity contribution is -0.116. The Morgan fingerprint density at radius 3 is 2.70 bits per heavy atom. The van der Waals surface area contributed by atoms with Crippen molar-refractivity contribution >= 4 is 41.5 Å². The summed E-state index contributed by atoms with van der Waals surface area (Å²) in [5.41, 5.74) is 2.93. The van der Waals surface area contributed by atoms with Crippen LogP contribution in [0.4, 0.5) is 5.69 Å². The van der Waals surface area contributed by atoms with Gasteiger partial charge in [-0.3, -0.25) is 9.48 Å². The molecule has 0 fully saturated rings. The Bertz CT molecular complexity index is 743. The Hall–Kier alpha value is -2.10. The molecular formula is C19H29IN6O. The van der Waals surface area contributed by atoms with E-state index in [2.05, 4.69) is 26.0 Å². The number of halogens is 1. The molecule has 0 spiro atoms. The fourth-order valence-electron chi connectivity index (χ4n) is 2.46. The van der Waals surface area contributed by atoms with Gasteiger partial charge in [-0.2, -0.15) is 5.10 Å². The maximum atomic E-state index is 11.7. The lowest BCUT2D eigenvalue weighted by Gasteiger charge is -2.12. The monoisotopic (exact) mass is 484 g/mol. The van der Waals surface area contributed by atoms with Gasteiger partial charge in [0.2, 0.25) is 5.91 Å². The Balaban J connectivity index is 0.00000364. The molecule has 0 radical (unpaired) electrons. The lowest BCUT2D eigenvalue weighted by atomic mass is 10.2. The van der Waals surface area contributed by atoms with E-state index < -0.39 is 0 Å². The molecule has 0 saturated heterocycles. The maximum Gasteiger partial charge on any atom is 0.224 e. The lowest BCUT2D eigenvalue weighted by Crippen LogP contribution is -2.37. The van der Waals surface area contributed by atoms with Crippen LogP contribution in [0.25, 0.3) is 0 Å². The second-order valence-electron chi connectivity index (χ2n) is 5.99. The van der Waals surface area contributed by atoms with Crippen LogP contribution < -0.4 is 16.0 Å². The number of hydrogen-bond acceptors (Lipinski definition) is 3. The summed E-state index contributed by atoms with van der Waals surface area (Å²) in [4.78, 5) is 16.4. The standard InChI is InChI=1S/C19H28N6O.HI/c1-4-7-18(26)24-16-9-6-8-15(12-16)13-21-19(20-5-2)22-14-17-10-11-23-25(17)3;/h6,8-12H,4-5,7,13-14H2,1-3H3,(H,24,26)(H2,20,21,22);1H. The minimum atomic E-state index is 0. The third kappa shape index (κ3) is 7.98. The van der Waals surface area contributed by atoms with Gasteiger partial charge >= 0.3 is 0 Å². The first-order valence-corrected chi connectivity index (χ1v) is 9.00. The number of aryl methyl sites for hydroxylation is 1. The Labute approximate surface area is 178 Å². The predicted molar refractivity (Wildman–Crippen MR) is 120 cm³/mol. The molecule has 1 amide bonds. The molecule has 0 aliphatic heterocycles. The minimum absolute atomic E-state index is 0. The van der Waals surface area contributed by atoms with E-state index in [0.717, 1.165) is 35.9 Å². The van der Waals surface area contributed by atoms with Gasteiger partial charge in [0, 0.05) is 31.9 Å². The average molecular weight is 484 g/mol. The van der Waals surface area contributed by atoms with Crippen LogP contribution in [0.2, 0.25) is 0 Å². The Morgan fingerprint density at radius 2 is 2.04 bits per heavy atom. The highest BCUT2D eigenvalue weighted by molar-refractivity contribution is 14.0. The summed E-state index contributed by atoms with van der Waals surface area (Å²) in [6, 6.07) is 9.76. The van der Waals surface area contributed by atoms with Gasteiger partial charge in [0.25, 0.3) is 0 Å². The minimum Gasteiger partial charge on any atom is -0.357 e. The van der Waals surface area contributed by atoms with Crippen LogP contribution in [0.1, 0.15) is 37.9 Å². The molecule has 8 heteroatoms. The largest absolute Gasteiger partial charge is 0.357 e. The number of carbonyl (C=O) groups is 1. The number of aromatic nitrogens is 2. The van der Waals surface area contributed by atoms with Crippen molar-refractivity contribution in [1.29, 1.82) is 0 Å². The van der Waals surface area contributed by atoms with Crippen LogP contribution in [-0.2, 0) is 24.9 Å². The van der Waals surface area contributed by atoms with Gasteiger partial charge in [-0.05, 0) is 37.1 Å². The van der Waals surface area contributed by atoms with E-state index in [0.29, 0.717) is 19.5 Å². The molecule has 0 aliphatic carbocycles. The van der Waals surface area contributed by atoms with Crippen molar-refractivity contribution in [3.8, 4) is 0 Å². The van der Waals surface area contributed by atoms with Crippen LogP contribution in [0.15, 0.2) is 41.5 Å². The normalized spacial score (nSPS) is 10.9. The van der Waals surface area contributed by atoms with Crippen LogP contribution in [-0.4, -0.2) is 28.2 Å². The number of anilines is 1. The summed E-state index contributed by atoms with van der Waals surface area (Å²) in [6.45, 7) is 5.98. The highest BCUT2D eigenvalue weighted by Crippen LogP contribution is 2.12. The van der Waals surface area contributed by atoms with Gasteiger partial charge in [-0.15, -0.1) is 24.0 Å². The smallest absolute Gasteiger partial charge is 0.224 e. The first-order chi connectivity index (χ1) is 12.6. The third-order valence-electron chi connectivity index (χ3n) is 3.81.